The maximum absolute atomic E-state index is 4.87. The van der Waals surface area contributed by atoms with Gasteiger partial charge < -0.3 is 0 Å². The summed E-state index contributed by atoms with van der Waals surface area (Å²) in [7, 11) is 0. The molecule has 1 atom stereocenters. The van der Waals surface area contributed by atoms with Crippen molar-refractivity contribution in [2.24, 2.45) is 0 Å². The van der Waals surface area contributed by atoms with Crippen LogP contribution in [0.5, 0.6) is 0 Å². The molecule has 1 fully saturated rings. The number of benzene rings is 1. The second-order valence-corrected chi connectivity index (χ2v) is 9.00. The summed E-state index contributed by atoms with van der Waals surface area (Å²) in [6.07, 6.45) is 8.96. The van der Waals surface area contributed by atoms with Crippen molar-refractivity contribution in [3.8, 4) is 10.6 Å². The lowest BCUT2D eigenvalue weighted by Crippen LogP contribution is -2.44. The Kier molecular flexibility index (Phi) is 4.29. The molecule has 1 aromatic carbocycles. The number of rotatable bonds is 3. The summed E-state index contributed by atoms with van der Waals surface area (Å²) in [6, 6.07) is 10.5. The van der Waals surface area contributed by atoms with Gasteiger partial charge in [0.15, 0.2) is 0 Å². The van der Waals surface area contributed by atoms with Crippen LogP contribution in [-0.2, 0) is 18.4 Å². The summed E-state index contributed by atoms with van der Waals surface area (Å²) in [5.74, 6) is 0.905. The lowest BCUT2D eigenvalue weighted by molar-refractivity contribution is 0.137. The van der Waals surface area contributed by atoms with E-state index in [0.717, 1.165) is 30.3 Å². The van der Waals surface area contributed by atoms with Crippen molar-refractivity contribution in [3.63, 3.8) is 0 Å². The lowest BCUT2D eigenvalue weighted by Gasteiger charge is -2.40. The molecule has 1 unspecified atom stereocenters. The first-order valence-electron chi connectivity index (χ1n) is 9.77. The molecule has 2 aromatic heterocycles. The number of thiazole rings is 1. The molecule has 0 bridgehead atoms. The Hall–Kier alpha value is -2.11. The highest BCUT2D eigenvalue weighted by atomic mass is 32.1. The van der Waals surface area contributed by atoms with Crippen LogP contribution in [0.15, 0.2) is 42.7 Å². The summed E-state index contributed by atoms with van der Waals surface area (Å²) in [5.41, 5.74) is 4.13. The molecule has 5 rings (SSSR count). The van der Waals surface area contributed by atoms with E-state index in [4.69, 9.17) is 4.98 Å². The summed E-state index contributed by atoms with van der Waals surface area (Å²) in [4.78, 5) is 17.9. The van der Waals surface area contributed by atoms with Crippen LogP contribution < -0.4 is 0 Å². The zero-order valence-electron chi connectivity index (χ0n) is 15.7. The third kappa shape index (κ3) is 3.19. The van der Waals surface area contributed by atoms with Crippen molar-refractivity contribution >= 4 is 11.3 Å². The Morgan fingerprint density at radius 3 is 2.89 bits per heavy atom. The topological polar surface area (TPSA) is 41.9 Å². The summed E-state index contributed by atoms with van der Waals surface area (Å²) < 4.78 is 0. The van der Waals surface area contributed by atoms with Gasteiger partial charge in [-0.1, -0.05) is 30.3 Å². The van der Waals surface area contributed by atoms with Crippen molar-refractivity contribution in [1.82, 2.24) is 19.9 Å². The van der Waals surface area contributed by atoms with Crippen LogP contribution in [-0.4, -0.2) is 32.9 Å². The Labute approximate surface area is 164 Å². The zero-order chi connectivity index (χ0) is 18.3. The molecular weight excluding hydrogens is 352 g/mol. The minimum absolute atomic E-state index is 0.230. The van der Waals surface area contributed by atoms with Crippen LogP contribution in [0.3, 0.4) is 0 Å². The molecule has 1 aliphatic heterocycles. The predicted octanol–water partition coefficient (Wildman–Crippen LogP) is 4.39. The van der Waals surface area contributed by atoms with Gasteiger partial charge in [0.05, 0.1) is 5.69 Å². The zero-order valence-corrected chi connectivity index (χ0v) is 16.5. The Balaban J connectivity index is 1.35. The molecule has 1 spiro atoms. The predicted molar refractivity (Wildman–Crippen MR) is 109 cm³/mol. The number of nitrogens with zero attached hydrogens (tertiary/aromatic N) is 4. The molecule has 138 valence electrons. The fraction of sp³-hybridized carbons (Fsp3) is 0.409. The molecule has 4 nitrogen and oxygen atoms in total. The second kappa shape index (κ2) is 6.80. The van der Waals surface area contributed by atoms with Gasteiger partial charge in [0, 0.05) is 41.3 Å². The van der Waals surface area contributed by atoms with E-state index in [2.05, 4.69) is 57.6 Å². The van der Waals surface area contributed by atoms with E-state index in [9.17, 15) is 0 Å². The number of fused-ring (bicyclic) bond motifs is 2. The average molecular weight is 377 g/mol. The van der Waals surface area contributed by atoms with Gasteiger partial charge in [-0.25, -0.2) is 15.0 Å². The fourth-order valence-electron chi connectivity index (χ4n) is 4.70. The van der Waals surface area contributed by atoms with Crippen molar-refractivity contribution in [2.75, 3.05) is 13.1 Å². The molecule has 27 heavy (non-hydrogen) atoms. The van der Waals surface area contributed by atoms with Crippen LogP contribution >= 0.6 is 11.3 Å². The molecule has 0 radical (unpaired) electrons. The van der Waals surface area contributed by atoms with E-state index in [-0.39, 0.29) is 5.41 Å². The maximum Gasteiger partial charge on any atom is 0.125 e. The summed E-state index contributed by atoms with van der Waals surface area (Å²) in [6.45, 7) is 5.27. The molecule has 1 aliphatic carbocycles. The monoisotopic (exact) mass is 376 g/mol. The largest absolute Gasteiger partial charge is 0.297 e. The van der Waals surface area contributed by atoms with Crippen LogP contribution in [0.4, 0.5) is 0 Å². The third-order valence-corrected chi connectivity index (χ3v) is 7.00. The van der Waals surface area contributed by atoms with Crippen molar-refractivity contribution in [1.29, 1.82) is 0 Å². The molecule has 3 aromatic rings. The molecule has 5 heteroatoms. The Bertz CT molecular complexity index is 948. The van der Waals surface area contributed by atoms with Gasteiger partial charge in [-0.05, 0) is 44.7 Å². The SMILES string of the molecule is Cc1ncc2c(n1)C1(CCCN(Cc3cnc(-c4ccccc4)s3)C1)CC2. The lowest BCUT2D eigenvalue weighted by atomic mass is 9.77. The number of aromatic nitrogens is 3. The first-order chi connectivity index (χ1) is 13.2. The minimum Gasteiger partial charge on any atom is -0.297 e. The number of likely N-dealkylation sites (tertiary alicyclic amines) is 1. The van der Waals surface area contributed by atoms with Crippen LogP contribution in [0, 0.1) is 6.92 Å². The highest BCUT2D eigenvalue weighted by Crippen LogP contribution is 2.44. The second-order valence-electron chi connectivity index (χ2n) is 7.88. The molecule has 0 saturated carbocycles. The molecule has 1 saturated heterocycles. The standard InChI is InChI=1S/C22H24N4S/c1-16-23-12-18-8-10-22(20(18)25-16)9-5-11-26(15-22)14-19-13-24-21(27-19)17-6-3-2-4-7-17/h2-4,6-7,12-13H,5,8-11,14-15H2,1H3. The molecule has 2 aliphatic rings. The van der Waals surface area contributed by atoms with E-state index in [0.29, 0.717) is 0 Å². The number of hydrogen-bond donors (Lipinski definition) is 0. The van der Waals surface area contributed by atoms with E-state index in [1.807, 2.05) is 18.3 Å². The molecule has 0 N–H and O–H groups in total. The average Bonchev–Trinajstić information content (AvgIpc) is 3.29. The smallest absolute Gasteiger partial charge is 0.125 e. The highest BCUT2D eigenvalue weighted by Gasteiger charge is 2.43. The third-order valence-electron chi connectivity index (χ3n) is 5.97. The van der Waals surface area contributed by atoms with E-state index in [1.54, 1.807) is 0 Å². The maximum atomic E-state index is 4.87. The number of hydrogen-bond acceptors (Lipinski definition) is 5. The highest BCUT2D eigenvalue weighted by molar-refractivity contribution is 7.15. The van der Waals surface area contributed by atoms with Crippen LogP contribution in [0.1, 0.15) is 41.2 Å². The van der Waals surface area contributed by atoms with Crippen LogP contribution in [0.25, 0.3) is 10.6 Å². The normalized spacial score (nSPS) is 22.3. The fourth-order valence-corrected chi connectivity index (χ4v) is 5.66. The molecule has 0 amide bonds. The van der Waals surface area contributed by atoms with E-state index in [1.165, 1.54) is 47.5 Å². The first-order valence-corrected chi connectivity index (χ1v) is 10.6. The summed E-state index contributed by atoms with van der Waals surface area (Å²) in [5, 5.41) is 1.12. The van der Waals surface area contributed by atoms with E-state index >= 15 is 0 Å². The van der Waals surface area contributed by atoms with Crippen molar-refractivity contribution in [2.45, 2.75) is 44.6 Å². The van der Waals surface area contributed by atoms with Gasteiger partial charge in [0.1, 0.15) is 10.8 Å². The molecule has 3 heterocycles. The van der Waals surface area contributed by atoms with Crippen LogP contribution in [0.2, 0.25) is 0 Å². The Morgan fingerprint density at radius 1 is 1.11 bits per heavy atom. The van der Waals surface area contributed by atoms with Gasteiger partial charge >= 0.3 is 0 Å². The molecular formula is C22H24N4S. The van der Waals surface area contributed by atoms with Gasteiger partial charge in [-0.3, -0.25) is 4.90 Å². The quantitative estimate of drug-likeness (QED) is 0.680. The summed E-state index contributed by atoms with van der Waals surface area (Å²) >= 11 is 1.82. The number of piperidine rings is 1. The van der Waals surface area contributed by atoms with Crippen molar-refractivity contribution < 1.29 is 0 Å². The van der Waals surface area contributed by atoms with Gasteiger partial charge in [-0.2, -0.15) is 0 Å². The Morgan fingerprint density at radius 2 is 2.00 bits per heavy atom. The van der Waals surface area contributed by atoms with Gasteiger partial charge in [0.25, 0.3) is 0 Å². The minimum atomic E-state index is 0.230. The first kappa shape index (κ1) is 17.0. The van der Waals surface area contributed by atoms with E-state index < -0.39 is 0 Å². The van der Waals surface area contributed by atoms with Crippen molar-refractivity contribution in [3.05, 3.63) is 64.7 Å². The van der Waals surface area contributed by atoms with Gasteiger partial charge in [-0.15, -0.1) is 11.3 Å². The van der Waals surface area contributed by atoms with Gasteiger partial charge in [0.2, 0.25) is 0 Å². The number of aryl methyl sites for hydroxylation is 2.